The Balaban J connectivity index is 1.40. The van der Waals surface area contributed by atoms with Gasteiger partial charge >= 0.3 is 5.97 Å². The first-order valence-electron chi connectivity index (χ1n) is 12.5. The molecule has 206 valence electrons. The Hall–Kier alpha value is -5.29. The molecule has 11 nitrogen and oxygen atoms in total. The van der Waals surface area contributed by atoms with Crippen LogP contribution >= 0.6 is 11.6 Å². The van der Waals surface area contributed by atoms with Gasteiger partial charge in [0.2, 0.25) is 11.8 Å². The zero-order chi connectivity index (χ0) is 28.9. The maximum Gasteiger partial charge on any atom is 0.335 e. The lowest BCUT2D eigenvalue weighted by Crippen LogP contribution is -2.44. The van der Waals surface area contributed by atoms with Crippen molar-refractivity contribution in [2.75, 3.05) is 5.32 Å². The van der Waals surface area contributed by atoms with Gasteiger partial charge < -0.3 is 20.3 Å². The molecule has 12 heteroatoms. The second-order valence-corrected chi connectivity index (χ2v) is 9.65. The summed E-state index contributed by atoms with van der Waals surface area (Å²) < 4.78 is 3.41. The molecule has 0 saturated heterocycles. The summed E-state index contributed by atoms with van der Waals surface area (Å²) in [7, 11) is 1.92. The third-order valence-electron chi connectivity index (χ3n) is 6.44. The Morgan fingerprint density at radius 1 is 1.07 bits per heavy atom. The zero-order valence-electron chi connectivity index (χ0n) is 21.7. The fourth-order valence-corrected chi connectivity index (χ4v) is 4.65. The lowest BCUT2D eigenvalue weighted by atomic mass is 10.0. The van der Waals surface area contributed by atoms with Crippen molar-refractivity contribution in [1.29, 1.82) is 0 Å². The van der Waals surface area contributed by atoms with Gasteiger partial charge in [-0.3, -0.25) is 9.59 Å². The Kier molecular flexibility index (Phi) is 7.88. The van der Waals surface area contributed by atoms with Crippen LogP contribution < -0.4 is 10.6 Å². The number of aromatic nitrogens is 5. The molecule has 2 aromatic heterocycles. The Morgan fingerprint density at radius 3 is 2.59 bits per heavy atom. The normalized spacial score (nSPS) is 12.0. The molecular weight excluding hydrogens is 546 g/mol. The van der Waals surface area contributed by atoms with Gasteiger partial charge in [0.15, 0.2) is 0 Å². The van der Waals surface area contributed by atoms with E-state index in [-0.39, 0.29) is 12.0 Å². The fourth-order valence-electron chi connectivity index (χ4n) is 4.47. The standard InChI is InChI=1S/C29H24ClN7O4/c1-36-16-20(23-4-2-3-5-26(23)36)15-24(28(39)32-22-10-6-18(7-11-22)29(40)41)33-27(38)13-8-19-14-21(30)9-12-25(19)37-17-31-34-35-37/h2-14,16-17,24H,15H2,1H3,(H,32,39)(H,33,38)(H,40,41)/b13-8+. The van der Waals surface area contributed by atoms with Gasteiger partial charge in [-0.2, -0.15) is 4.68 Å². The molecule has 0 bridgehead atoms. The minimum absolute atomic E-state index is 0.0933. The molecule has 5 rings (SSSR count). The van der Waals surface area contributed by atoms with Crippen LogP contribution in [-0.4, -0.2) is 53.7 Å². The lowest BCUT2D eigenvalue weighted by molar-refractivity contribution is -0.123. The summed E-state index contributed by atoms with van der Waals surface area (Å²) in [4.78, 5) is 37.7. The zero-order valence-corrected chi connectivity index (χ0v) is 22.5. The van der Waals surface area contributed by atoms with Crippen molar-refractivity contribution in [3.63, 3.8) is 0 Å². The summed E-state index contributed by atoms with van der Waals surface area (Å²) in [6.45, 7) is 0. The smallest absolute Gasteiger partial charge is 0.335 e. The quantitative estimate of drug-likeness (QED) is 0.228. The molecule has 0 fully saturated rings. The predicted molar refractivity (Wildman–Crippen MR) is 154 cm³/mol. The number of fused-ring (bicyclic) bond motifs is 1. The highest BCUT2D eigenvalue weighted by molar-refractivity contribution is 6.30. The van der Waals surface area contributed by atoms with Crippen molar-refractivity contribution in [2.24, 2.45) is 7.05 Å². The molecule has 0 aliphatic carbocycles. The molecule has 0 aliphatic heterocycles. The number of benzene rings is 3. The summed E-state index contributed by atoms with van der Waals surface area (Å²) in [5, 5.41) is 27.4. The number of hydrogen-bond acceptors (Lipinski definition) is 6. The molecule has 2 heterocycles. The van der Waals surface area contributed by atoms with E-state index in [9.17, 15) is 14.4 Å². The van der Waals surface area contributed by atoms with Crippen LogP contribution in [0, 0.1) is 0 Å². The molecule has 0 spiro atoms. The first-order valence-corrected chi connectivity index (χ1v) is 12.8. The number of carbonyl (C=O) groups is 3. The van der Waals surface area contributed by atoms with Gasteiger partial charge in [0, 0.05) is 52.9 Å². The summed E-state index contributed by atoms with van der Waals surface area (Å²) in [5.74, 6) is -2.03. The van der Waals surface area contributed by atoms with Crippen LogP contribution in [0.3, 0.4) is 0 Å². The molecular formula is C29H24ClN7O4. The number of anilines is 1. The van der Waals surface area contributed by atoms with E-state index in [0.717, 1.165) is 16.5 Å². The lowest BCUT2D eigenvalue weighted by Gasteiger charge is -2.18. The number of para-hydroxylation sites is 1. The van der Waals surface area contributed by atoms with E-state index in [4.69, 9.17) is 16.7 Å². The molecule has 2 amide bonds. The number of carbonyl (C=O) groups excluding carboxylic acids is 2. The number of nitrogens with one attached hydrogen (secondary N) is 2. The average Bonchev–Trinajstić information content (AvgIpc) is 3.60. The fraction of sp³-hybridized carbons (Fsp3) is 0.103. The number of nitrogens with zero attached hydrogens (tertiary/aromatic N) is 5. The number of carboxylic acids is 1. The Bertz CT molecular complexity index is 1760. The van der Waals surface area contributed by atoms with Crippen LogP contribution in [0.25, 0.3) is 22.7 Å². The van der Waals surface area contributed by atoms with Crippen LogP contribution in [-0.2, 0) is 23.1 Å². The van der Waals surface area contributed by atoms with Gasteiger partial charge in [-0.15, -0.1) is 5.10 Å². The number of tetrazole rings is 1. The van der Waals surface area contributed by atoms with E-state index in [1.54, 1.807) is 24.3 Å². The minimum Gasteiger partial charge on any atom is -0.478 e. The van der Waals surface area contributed by atoms with Crippen LogP contribution in [0.4, 0.5) is 5.69 Å². The molecule has 3 aromatic carbocycles. The van der Waals surface area contributed by atoms with Crippen molar-refractivity contribution in [2.45, 2.75) is 12.5 Å². The van der Waals surface area contributed by atoms with Crippen molar-refractivity contribution >= 4 is 52.1 Å². The van der Waals surface area contributed by atoms with E-state index in [0.29, 0.717) is 22.0 Å². The predicted octanol–water partition coefficient (Wildman–Crippen LogP) is 3.89. The van der Waals surface area contributed by atoms with E-state index in [1.807, 2.05) is 42.1 Å². The highest BCUT2D eigenvalue weighted by Crippen LogP contribution is 2.23. The molecule has 1 unspecified atom stereocenters. The van der Waals surface area contributed by atoms with Crippen LogP contribution in [0.2, 0.25) is 5.02 Å². The molecule has 1 atom stereocenters. The molecule has 0 aliphatic rings. The summed E-state index contributed by atoms with van der Waals surface area (Å²) in [6, 6.07) is 17.7. The second-order valence-electron chi connectivity index (χ2n) is 9.21. The van der Waals surface area contributed by atoms with E-state index in [2.05, 4.69) is 26.2 Å². The number of hydrogen-bond donors (Lipinski definition) is 3. The second kappa shape index (κ2) is 11.8. The van der Waals surface area contributed by atoms with E-state index >= 15 is 0 Å². The number of aryl methyl sites for hydroxylation is 1. The number of amides is 2. The van der Waals surface area contributed by atoms with Gasteiger partial charge in [0.25, 0.3) is 0 Å². The molecule has 0 saturated carbocycles. The maximum absolute atomic E-state index is 13.4. The maximum atomic E-state index is 13.4. The average molecular weight is 570 g/mol. The van der Waals surface area contributed by atoms with Gasteiger partial charge in [0.1, 0.15) is 12.4 Å². The summed E-state index contributed by atoms with van der Waals surface area (Å²) in [5.41, 5.74) is 3.57. The first-order chi connectivity index (χ1) is 19.8. The SMILES string of the molecule is Cn1cc(CC(NC(=O)/C=C/c2cc(Cl)ccc2-n2cnnn2)C(=O)Nc2ccc(C(=O)O)cc2)c2ccccc21. The Morgan fingerprint density at radius 2 is 1.85 bits per heavy atom. The van der Waals surface area contributed by atoms with Gasteiger partial charge in [0.05, 0.1) is 11.3 Å². The molecule has 41 heavy (non-hydrogen) atoms. The van der Waals surface area contributed by atoms with Gasteiger partial charge in [-0.05, 0) is 70.6 Å². The van der Waals surface area contributed by atoms with Crippen molar-refractivity contribution < 1.29 is 19.5 Å². The van der Waals surface area contributed by atoms with Crippen molar-refractivity contribution in [3.05, 3.63) is 107 Å². The molecule has 5 aromatic rings. The van der Waals surface area contributed by atoms with Gasteiger partial charge in [-0.1, -0.05) is 29.8 Å². The number of rotatable bonds is 9. The first kappa shape index (κ1) is 27.3. The molecule has 0 radical (unpaired) electrons. The minimum atomic E-state index is -1.07. The third kappa shape index (κ3) is 6.31. The summed E-state index contributed by atoms with van der Waals surface area (Å²) in [6.07, 6.45) is 6.44. The number of carboxylic acid groups (broad SMARTS) is 1. The monoisotopic (exact) mass is 569 g/mol. The van der Waals surface area contributed by atoms with E-state index < -0.39 is 23.8 Å². The topological polar surface area (TPSA) is 144 Å². The van der Waals surface area contributed by atoms with Crippen LogP contribution in [0.5, 0.6) is 0 Å². The van der Waals surface area contributed by atoms with Crippen molar-refractivity contribution in [1.82, 2.24) is 30.1 Å². The number of aromatic carboxylic acids is 1. The Labute approximate surface area is 239 Å². The molecule has 3 N–H and O–H groups in total. The highest BCUT2D eigenvalue weighted by atomic mass is 35.5. The van der Waals surface area contributed by atoms with Crippen molar-refractivity contribution in [3.8, 4) is 5.69 Å². The third-order valence-corrected chi connectivity index (χ3v) is 6.67. The van der Waals surface area contributed by atoms with Crippen LogP contribution in [0.15, 0.2) is 85.3 Å². The van der Waals surface area contributed by atoms with Crippen LogP contribution in [0.1, 0.15) is 21.5 Å². The highest BCUT2D eigenvalue weighted by Gasteiger charge is 2.23. The largest absolute Gasteiger partial charge is 0.478 e. The summed E-state index contributed by atoms with van der Waals surface area (Å²) >= 11 is 6.18. The number of halogens is 1. The van der Waals surface area contributed by atoms with Gasteiger partial charge in [-0.25, -0.2) is 4.79 Å². The van der Waals surface area contributed by atoms with E-state index in [1.165, 1.54) is 41.4 Å².